The summed E-state index contributed by atoms with van der Waals surface area (Å²) in [6.45, 7) is 2.99. The molecule has 0 fully saturated rings. The van der Waals surface area contributed by atoms with Crippen molar-refractivity contribution in [1.82, 2.24) is 9.97 Å². The van der Waals surface area contributed by atoms with Crippen molar-refractivity contribution < 1.29 is 0 Å². The molecule has 3 nitrogen and oxygen atoms in total. The Labute approximate surface area is 65.9 Å². The fourth-order valence-electron chi connectivity index (χ4n) is 1.29. The fourth-order valence-corrected chi connectivity index (χ4v) is 1.29. The summed E-state index contributed by atoms with van der Waals surface area (Å²) in [7, 11) is 0. The highest BCUT2D eigenvalue weighted by molar-refractivity contribution is 5.42. The summed E-state index contributed by atoms with van der Waals surface area (Å²) in [5.74, 6) is 0.983. The minimum absolute atomic E-state index is 0.983. The molecule has 3 heteroatoms. The highest BCUT2D eigenvalue weighted by atomic mass is 15.0. The Hall–Kier alpha value is -1.12. The highest BCUT2D eigenvalue weighted by Crippen LogP contribution is 2.16. The first-order chi connectivity index (χ1) is 5.36. The quantitative estimate of drug-likeness (QED) is 0.601. The molecule has 0 bridgehead atoms. The van der Waals surface area contributed by atoms with Gasteiger partial charge in [-0.15, -0.1) is 0 Å². The van der Waals surface area contributed by atoms with E-state index in [4.69, 9.17) is 0 Å². The molecule has 0 aliphatic carbocycles. The van der Waals surface area contributed by atoms with E-state index in [0.717, 1.165) is 30.2 Å². The molecule has 2 heterocycles. The van der Waals surface area contributed by atoms with E-state index in [1.54, 1.807) is 0 Å². The summed E-state index contributed by atoms with van der Waals surface area (Å²) >= 11 is 0. The predicted molar refractivity (Wildman–Crippen MR) is 43.6 cm³/mol. The Kier molecular flexibility index (Phi) is 1.49. The van der Waals surface area contributed by atoms with Gasteiger partial charge in [0.2, 0.25) is 0 Å². The van der Waals surface area contributed by atoms with Gasteiger partial charge in [0.1, 0.15) is 5.82 Å². The van der Waals surface area contributed by atoms with Gasteiger partial charge in [-0.1, -0.05) is 0 Å². The molecule has 0 spiro atoms. The van der Waals surface area contributed by atoms with Gasteiger partial charge in [0, 0.05) is 12.7 Å². The van der Waals surface area contributed by atoms with Gasteiger partial charge in [-0.2, -0.15) is 0 Å². The SMILES string of the molecule is Cc1cnc2c(n1)NCCC2. The molecule has 1 aromatic heterocycles. The van der Waals surface area contributed by atoms with Crippen LogP contribution in [0.5, 0.6) is 0 Å². The molecule has 1 aliphatic heterocycles. The van der Waals surface area contributed by atoms with E-state index in [2.05, 4.69) is 15.3 Å². The molecule has 2 rings (SSSR count). The summed E-state index contributed by atoms with van der Waals surface area (Å²) in [5, 5.41) is 3.23. The number of nitrogens with zero attached hydrogens (tertiary/aromatic N) is 2. The van der Waals surface area contributed by atoms with Crippen molar-refractivity contribution in [2.75, 3.05) is 11.9 Å². The van der Waals surface area contributed by atoms with Crippen LogP contribution in [-0.2, 0) is 6.42 Å². The van der Waals surface area contributed by atoms with Gasteiger partial charge in [0.05, 0.1) is 11.4 Å². The van der Waals surface area contributed by atoms with E-state index < -0.39 is 0 Å². The lowest BCUT2D eigenvalue weighted by Crippen LogP contribution is -2.14. The van der Waals surface area contributed by atoms with Crippen LogP contribution in [0.4, 0.5) is 5.82 Å². The van der Waals surface area contributed by atoms with Crippen LogP contribution in [0.3, 0.4) is 0 Å². The van der Waals surface area contributed by atoms with Gasteiger partial charge in [-0.3, -0.25) is 4.98 Å². The van der Waals surface area contributed by atoms with Crippen molar-refractivity contribution in [3.8, 4) is 0 Å². The molecule has 0 unspecified atom stereocenters. The first-order valence-electron chi connectivity index (χ1n) is 3.92. The van der Waals surface area contributed by atoms with Gasteiger partial charge in [0.25, 0.3) is 0 Å². The molecule has 0 saturated heterocycles. The lowest BCUT2D eigenvalue weighted by atomic mass is 10.2. The molecule has 1 N–H and O–H groups in total. The fraction of sp³-hybridized carbons (Fsp3) is 0.500. The highest BCUT2D eigenvalue weighted by Gasteiger charge is 2.09. The van der Waals surface area contributed by atoms with Crippen LogP contribution in [0.25, 0.3) is 0 Å². The number of hydrogen-bond donors (Lipinski definition) is 1. The summed E-state index contributed by atoms with van der Waals surface area (Å²) in [6.07, 6.45) is 4.06. The first kappa shape index (κ1) is 6.58. The van der Waals surface area contributed by atoms with Crippen LogP contribution in [0.1, 0.15) is 17.8 Å². The number of aryl methyl sites for hydroxylation is 2. The van der Waals surface area contributed by atoms with Gasteiger partial charge < -0.3 is 5.32 Å². The summed E-state index contributed by atoms with van der Waals surface area (Å²) in [4.78, 5) is 8.63. The average Bonchev–Trinajstić information content (AvgIpc) is 2.04. The van der Waals surface area contributed by atoms with E-state index in [1.165, 1.54) is 6.42 Å². The third-order valence-corrected chi connectivity index (χ3v) is 1.85. The maximum atomic E-state index is 4.34. The van der Waals surface area contributed by atoms with Crippen molar-refractivity contribution >= 4 is 5.82 Å². The standard InChI is InChI=1S/C8H11N3/c1-6-5-10-7-3-2-4-9-8(7)11-6/h5H,2-4H2,1H3,(H,9,11). The molecule has 58 valence electrons. The number of hydrogen-bond acceptors (Lipinski definition) is 3. The Morgan fingerprint density at radius 3 is 3.36 bits per heavy atom. The van der Waals surface area contributed by atoms with Crippen molar-refractivity contribution in [3.63, 3.8) is 0 Å². The lowest BCUT2D eigenvalue weighted by molar-refractivity contribution is 0.783. The molecule has 0 atom stereocenters. The zero-order valence-corrected chi connectivity index (χ0v) is 6.59. The third-order valence-electron chi connectivity index (χ3n) is 1.85. The number of nitrogens with one attached hydrogen (secondary N) is 1. The minimum atomic E-state index is 0.983. The molecule has 0 aromatic carbocycles. The first-order valence-corrected chi connectivity index (χ1v) is 3.92. The number of aromatic nitrogens is 2. The lowest BCUT2D eigenvalue weighted by Gasteiger charge is -2.15. The topological polar surface area (TPSA) is 37.8 Å². The Balaban J connectivity index is 2.43. The zero-order valence-electron chi connectivity index (χ0n) is 6.59. The second-order valence-electron chi connectivity index (χ2n) is 2.84. The smallest absolute Gasteiger partial charge is 0.148 e. The predicted octanol–water partition coefficient (Wildman–Crippen LogP) is 1.14. The van der Waals surface area contributed by atoms with Crippen molar-refractivity contribution in [1.29, 1.82) is 0 Å². The molecule has 0 radical (unpaired) electrons. The monoisotopic (exact) mass is 149 g/mol. The minimum Gasteiger partial charge on any atom is -0.369 e. The maximum absolute atomic E-state index is 4.34. The molecule has 1 aliphatic rings. The van der Waals surface area contributed by atoms with Gasteiger partial charge in [-0.05, 0) is 19.8 Å². The van der Waals surface area contributed by atoms with Crippen molar-refractivity contribution in [2.45, 2.75) is 19.8 Å². The zero-order chi connectivity index (χ0) is 7.68. The van der Waals surface area contributed by atoms with Gasteiger partial charge >= 0.3 is 0 Å². The summed E-state index contributed by atoms with van der Waals surface area (Å²) < 4.78 is 0. The van der Waals surface area contributed by atoms with Crippen LogP contribution in [0.15, 0.2) is 6.20 Å². The van der Waals surface area contributed by atoms with Crippen LogP contribution in [0.2, 0.25) is 0 Å². The van der Waals surface area contributed by atoms with Crippen LogP contribution in [-0.4, -0.2) is 16.5 Å². The van der Waals surface area contributed by atoms with Crippen LogP contribution in [0, 0.1) is 6.92 Å². The second-order valence-corrected chi connectivity index (χ2v) is 2.84. The van der Waals surface area contributed by atoms with E-state index in [9.17, 15) is 0 Å². The van der Waals surface area contributed by atoms with Gasteiger partial charge in [-0.25, -0.2) is 4.98 Å². The van der Waals surface area contributed by atoms with E-state index in [0.29, 0.717) is 0 Å². The molecule has 1 aromatic rings. The number of rotatable bonds is 0. The Morgan fingerprint density at radius 1 is 1.55 bits per heavy atom. The van der Waals surface area contributed by atoms with Crippen LogP contribution >= 0.6 is 0 Å². The van der Waals surface area contributed by atoms with Crippen molar-refractivity contribution in [2.24, 2.45) is 0 Å². The molecule has 0 amide bonds. The third kappa shape index (κ3) is 1.18. The van der Waals surface area contributed by atoms with E-state index >= 15 is 0 Å². The molecular formula is C8H11N3. The maximum Gasteiger partial charge on any atom is 0.148 e. The Morgan fingerprint density at radius 2 is 2.45 bits per heavy atom. The van der Waals surface area contributed by atoms with Gasteiger partial charge in [0.15, 0.2) is 0 Å². The second kappa shape index (κ2) is 2.49. The summed E-state index contributed by atoms with van der Waals surface area (Å²) in [5.41, 5.74) is 2.10. The normalized spacial score (nSPS) is 15.4. The molecular weight excluding hydrogens is 138 g/mol. The van der Waals surface area contributed by atoms with Crippen LogP contribution < -0.4 is 5.32 Å². The van der Waals surface area contributed by atoms with E-state index in [1.807, 2.05) is 13.1 Å². The van der Waals surface area contributed by atoms with Crippen molar-refractivity contribution in [3.05, 3.63) is 17.6 Å². The molecule has 11 heavy (non-hydrogen) atoms. The average molecular weight is 149 g/mol. The van der Waals surface area contributed by atoms with E-state index in [-0.39, 0.29) is 0 Å². The largest absolute Gasteiger partial charge is 0.369 e. The molecule has 0 saturated carbocycles. The Bertz CT molecular complexity index is 270. The number of fused-ring (bicyclic) bond motifs is 1. The summed E-state index contributed by atoms with van der Waals surface area (Å²) in [6, 6.07) is 0. The number of anilines is 1.